The van der Waals surface area contributed by atoms with Gasteiger partial charge in [-0.25, -0.2) is 13.4 Å². The molecule has 1 atom stereocenters. The molecular weight excluding hydrogens is 450 g/mol. The highest BCUT2D eigenvalue weighted by molar-refractivity contribution is 7.89. The molecule has 3 aromatic rings. The smallest absolute Gasteiger partial charge is 0.244 e. The fourth-order valence-corrected chi connectivity index (χ4v) is 5.82. The van der Waals surface area contributed by atoms with E-state index in [-0.39, 0.29) is 41.4 Å². The lowest BCUT2D eigenvalue weighted by atomic mass is 9.96. The Morgan fingerprint density at radius 3 is 2.53 bits per heavy atom. The van der Waals surface area contributed by atoms with Crippen LogP contribution in [0.15, 0.2) is 65.7 Å². The summed E-state index contributed by atoms with van der Waals surface area (Å²) in [6, 6.07) is 17.7. The van der Waals surface area contributed by atoms with Crippen molar-refractivity contribution in [3.05, 3.63) is 72.2 Å². The van der Waals surface area contributed by atoms with Crippen LogP contribution in [-0.2, 0) is 14.8 Å². The summed E-state index contributed by atoms with van der Waals surface area (Å²) >= 11 is 0. The number of H-pyrrole nitrogens is 1. The van der Waals surface area contributed by atoms with Gasteiger partial charge in [-0.05, 0) is 37.0 Å². The lowest BCUT2D eigenvalue weighted by molar-refractivity contribution is -0.127. The zero-order chi connectivity index (χ0) is 24.1. The zero-order valence-corrected chi connectivity index (χ0v) is 19.8. The van der Waals surface area contributed by atoms with Gasteiger partial charge < -0.3 is 10.3 Å². The van der Waals surface area contributed by atoms with Crippen molar-refractivity contribution in [2.75, 3.05) is 13.1 Å². The van der Waals surface area contributed by atoms with Crippen molar-refractivity contribution in [3.8, 4) is 17.3 Å². The number of sulfonamides is 1. The number of aromatic nitrogens is 2. The summed E-state index contributed by atoms with van der Waals surface area (Å²) in [4.78, 5) is 20.8. The number of amides is 1. The molecule has 8 nitrogen and oxygen atoms in total. The van der Waals surface area contributed by atoms with Crippen LogP contribution in [0.5, 0.6) is 0 Å². The topological polar surface area (TPSA) is 119 Å². The van der Waals surface area contributed by atoms with Crippen LogP contribution in [0.1, 0.15) is 43.6 Å². The van der Waals surface area contributed by atoms with E-state index in [0.717, 1.165) is 11.3 Å². The summed E-state index contributed by atoms with van der Waals surface area (Å²) in [5.74, 6) is 0.317. The van der Waals surface area contributed by atoms with Crippen molar-refractivity contribution < 1.29 is 13.2 Å². The third-order valence-electron chi connectivity index (χ3n) is 6.19. The van der Waals surface area contributed by atoms with Crippen LogP contribution in [0.25, 0.3) is 11.3 Å². The van der Waals surface area contributed by atoms with E-state index in [1.165, 1.54) is 16.4 Å². The normalized spacial score (nSPS) is 16.0. The van der Waals surface area contributed by atoms with Crippen molar-refractivity contribution in [3.63, 3.8) is 0 Å². The lowest BCUT2D eigenvalue weighted by Crippen LogP contribution is -2.43. The molecule has 1 unspecified atom stereocenters. The summed E-state index contributed by atoms with van der Waals surface area (Å²) < 4.78 is 27.4. The van der Waals surface area contributed by atoms with Crippen LogP contribution in [0.4, 0.5) is 0 Å². The molecule has 176 valence electrons. The zero-order valence-electron chi connectivity index (χ0n) is 18.9. The number of aromatic amines is 1. The molecule has 0 aliphatic carbocycles. The van der Waals surface area contributed by atoms with Gasteiger partial charge in [0.05, 0.1) is 28.4 Å². The number of rotatable bonds is 7. The highest BCUT2D eigenvalue weighted by Gasteiger charge is 2.34. The summed E-state index contributed by atoms with van der Waals surface area (Å²) in [7, 11) is -3.78. The van der Waals surface area contributed by atoms with Gasteiger partial charge in [0.2, 0.25) is 15.9 Å². The highest BCUT2D eigenvalue weighted by Crippen LogP contribution is 2.27. The number of nitriles is 1. The van der Waals surface area contributed by atoms with E-state index < -0.39 is 10.0 Å². The molecule has 34 heavy (non-hydrogen) atoms. The molecule has 4 rings (SSSR count). The van der Waals surface area contributed by atoms with E-state index in [0.29, 0.717) is 25.1 Å². The first-order valence-electron chi connectivity index (χ1n) is 11.3. The first kappa shape index (κ1) is 23.7. The van der Waals surface area contributed by atoms with Gasteiger partial charge >= 0.3 is 0 Å². The van der Waals surface area contributed by atoms with Crippen LogP contribution in [-0.4, -0.2) is 41.7 Å². The molecule has 1 aromatic heterocycles. The number of carbonyl (C=O) groups excluding carboxylic acids is 1. The second-order valence-corrected chi connectivity index (χ2v) is 10.2. The maximum Gasteiger partial charge on any atom is 0.244 e. The van der Waals surface area contributed by atoms with Crippen LogP contribution in [0, 0.1) is 17.2 Å². The Morgan fingerprint density at radius 1 is 1.18 bits per heavy atom. The molecular formula is C25H27N5O3S. The van der Waals surface area contributed by atoms with E-state index in [4.69, 9.17) is 0 Å². The van der Waals surface area contributed by atoms with Gasteiger partial charge in [-0.2, -0.15) is 9.57 Å². The number of nitrogens with zero attached hydrogens (tertiary/aromatic N) is 3. The van der Waals surface area contributed by atoms with Crippen molar-refractivity contribution in [1.82, 2.24) is 19.6 Å². The summed E-state index contributed by atoms with van der Waals surface area (Å²) in [5, 5.41) is 12.3. The lowest BCUT2D eigenvalue weighted by Gasteiger charge is -2.31. The van der Waals surface area contributed by atoms with Gasteiger partial charge in [0.15, 0.2) is 0 Å². The molecule has 0 saturated carbocycles. The number of hydrogen-bond acceptors (Lipinski definition) is 5. The second-order valence-electron chi connectivity index (χ2n) is 8.30. The molecule has 1 amide bonds. The van der Waals surface area contributed by atoms with E-state index in [2.05, 4.69) is 15.3 Å². The number of hydrogen-bond donors (Lipinski definition) is 2. The number of carbonyl (C=O) groups is 1. The van der Waals surface area contributed by atoms with Crippen LogP contribution >= 0.6 is 0 Å². The van der Waals surface area contributed by atoms with Crippen molar-refractivity contribution in [2.45, 2.75) is 37.1 Å². The van der Waals surface area contributed by atoms with Gasteiger partial charge in [0.1, 0.15) is 11.9 Å². The number of imidazole rings is 1. The third-order valence-corrected chi connectivity index (χ3v) is 8.14. The maximum atomic E-state index is 13.0. The number of piperidine rings is 1. The first-order chi connectivity index (χ1) is 16.4. The molecule has 1 saturated heterocycles. The highest BCUT2D eigenvalue weighted by atomic mass is 32.2. The monoisotopic (exact) mass is 477 g/mol. The molecule has 2 heterocycles. The van der Waals surface area contributed by atoms with Gasteiger partial charge in [-0.15, -0.1) is 0 Å². The van der Waals surface area contributed by atoms with E-state index >= 15 is 0 Å². The van der Waals surface area contributed by atoms with Gasteiger partial charge in [0, 0.05) is 19.0 Å². The van der Waals surface area contributed by atoms with Crippen molar-refractivity contribution >= 4 is 15.9 Å². The Bertz CT molecular complexity index is 1290. The first-order valence-corrected chi connectivity index (χ1v) is 12.8. The Morgan fingerprint density at radius 2 is 1.85 bits per heavy atom. The number of nitrogens with one attached hydrogen (secondary N) is 2. The fourth-order valence-electron chi connectivity index (χ4n) is 4.21. The standard InChI is InChI=1S/C25H27N5O3S/c1-2-21(24-27-17-22(28-24)18-8-4-3-5-9-18)29-25(31)19-12-14-30(15-13-19)34(32,33)23-11-7-6-10-20(23)16-26/h3-11,17,19,21H,2,12-15H2,1H3,(H,27,28)(H,29,31). The largest absolute Gasteiger partial charge is 0.346 e. The van der Waals surface area contributed by atoms with E-state index in [9.17, 15) is 18.5 Å². The average molecular weight is 478 g/mol. The fraction of sp³-hybridized carbons (Fsp3) is 0.320. The van der Waals surface area contributed by atoms with Crippen LogP contribution in [0.3, 0.4) is 0 Å². The maximum absolute atomic E-state index is 13.0. The molecule has 0 spiro atoms. The molecule has 9 heteroatoms. The Balaban J connectivity index is 1.39. The number of benzene rings is 2. The minimum atomic E-state index is -3.78. The minimum Gasteiger partial charge on any atom is -0.346 e. The molecule has 1 aliphatic rings. The average Bonchev–Trinajstić information content (AvgIpc) is 3.38. The Kier molecular flexibility index (Phi) is 7.10. The summed E-state index contributed by atoms with van der Waals surface area (Å²) in [5.41, 5.74) is 2.04. The van der Waals surface area contributed by atoms with Crippen molar-refractivity contribution in [2.24, 2.45) is 5.92 Å². The Labute approximate surface area is 199 Å². The predicted octanol–water partition coefficient (Wildman–Crippen LogP) is 3.62. The second kappa shape index (κ2) is 10.2. The molecule has 2 N–H and O–H groups in total. The molecule has 2 aromatic carbocycles. The van der Waals surface area contributed by atoms with E-state index in [1.807, 2.05) is 43.3 Å². The third kappa shape index (κ3) is 4.88. The predicted molar refractivity (Wildman–Crippen MR) is 128 cm³/mol. The minimum absolute atomic E-state index is 0.0125. The summed E-state index contributed by atoms with van der Waals surface area (Å²) in [6.07, 6.45) is 3.28. The molecule has 0 bridgehead atoms. The Hall–Kier alpha value is -3.48. The quantitative estimate of drug-likeness (QED) is 0.539. The molecule has 0 radical (unpaired) electrons. The van der Waals surface area contributed by atoms with Gasteiger partial charge in [-0.3, -0.25) is 4.79 Å². The van der Waals surface area contributed by atoms with Gasteiger partial charge in [0.25, 0.3) is 0 Å². The summed E-state index contributed by atoms with van der Waals surface area (Å²) in [6.45, 7) is 2.45. The van der Waals surface area contributed by atoms with E-state index in [1.54, 1.807) is 18.3 Å². The molecule has 1 fully saturated rings. The van der Waals surface area contributed by atoms with Crippen LogP contribution < -0.4 is 5.32 Å². The van der Waals surface area contributed by atoms with Crippen molar-refractivity contribution in [1.29, 1.82) is 5.26 Å². The SMILES string of the molecule is CCC(NC(=O)C1CCN(S(=O)(=O)c2ccccc2C#N)CC1)c1ncc(-c2ccccc2)[nH]1. The van der Waals surface area contributed by atoms with Gasteiger partial charge in [-0.1, -0.05) is 49.4 Å². The van der Waals surface area contributed by atoms with Crippen LogP contribution in [0.2, 0.25) is 0 Å². The molecule has 1 aliphatic heterocycles.